The molecule has 110 valence electrons. The molecule has 0 saturated heterocycles. The van der Waals surface area contributed by atoms with Gasteiger partial charge >= 0.3 is 0 Å². The molecular weight excluding hydrogens is 262 g/mol. The Morgan fingerprint density at radius 3 is 2.62 bits per heavy atom. The van der Waals surface area contributed by atoms with E-state index < -0.39 is 0 Å². The van der Waals surface area contributed by atoms with Crippen molar-refractivity contribution in [2.75, 3.05) is 17.7 Å². The number of hydrogen-bond acceptors (Lipinski definition) is 5. The van der Waals surface area contributed by atoms with Crippen LogP contribution in [0.15, 0.2) is 18.3 Å². The predicted octanol–water partition coefficient (Wildman–Crippen LogP) is 3.02. The molecule has 0 atom stereocenters. The van der Waals surface area contributed by atoms with Crippen molar-refractivity contribution >= 4 is 11.6 Å². The standard InChI is InChI=1S/C16H21N5/c1-10-5-4-8-18-13(10)9-19-15-11(2)14(17-3)20-16(21-15)12-6-7-12/h4-5,8,12H,6-7,9H2,1-3H3,(H2,17,19,20,21). The summed E-state index contributed by atoms with van der Waals surface area (Å²) in [6, 6.07) is 4.03. The third-order valence-electron chi connectivity index (χ3n) is 3.88. The molecule has 5 nitrogen and oxygen atoms in total. The van der Waals surface area contributed by atoms with E-state index in [1.807, 2.05) is 26.2 Å². The molecule has 2 aromatic heterocycles. The van der Waals surface area contributed by atoms with Gasteiger partial charge in [-0.25, -0.2) is 9.97 Å². The van der Waals surface area contributed by atoms with E-state index in [1.54, 1.807) is 0 Å². The SMILES string of the molecule is CNc1nc(C2CC2)nc(NCc2ncccc2C)c1C. The van der Waals surface area contributed by atoms with E-state index in [2.05, 4.69) is 33.6 Å². The molecule has 3 rings (SSSR count). The Morgan fingerprint density at radius 1 is 1.19 bits per heavy atom. The number of nitrogens with one attached hydrogen (secondary N) is 2. The minimum atomic E-state index is 0.537. The van der Waals surface area contributed by atoms with E-state index in [0.29, 0.717) is 12.5 Å². The smallest absolute Gasteiger partial charge is 0.136 e. The van der Waals surface area contributed by atoms with Gasteiger partial charge in [-0.1, -0.05) is 6.07 Å². The zero-order valence-electron chi connectivity index (χ0n) is 12.8. The third kappa shape index (κ3) is 2.96. The molecule has 0 amide bonds. The quantitative estimate of drug-likeness (QED) is 0.883. The van der Waals surface area contributed by atoms with E-state index in [1.165, 1.54) is 18.4 Å². The molecule has 0 radical (unpaired) electrons. The molecule has 1 saturated carbocycles. The van der Waals surface area contributed by atoms with Gasteiger partial charge in [-0.3, -0.25) is 4.98 Å². The molecule has 5 heteroatoms. The highest BCUT2D eigenvalue weighted by atomic mass is 15.1. The van der Waals surface area contributed by atoms with Crippen LogP contribution in [0.1, 0.15) is 41.4 Å². The zero-order valence-corrected chi connectivity index (χ0v) is 12.8. The van der Waals surface area contributed by atoms with Gasteiger partial charge in [0.05, 0.1) is 12.2 Å². The van der Waals surface area contributed by atoms with Crippen molar-refractivity contribution in [1.29, 1.82) is 0 Å². The van der Waals surface area contributed by atoms with Gasteiger partial charge in [0.25, 0.3) is 0 Å². The topological polar surface area (TPSA) is 62.7 Å². The van der Waals surface area contributed by atoms with Crippen molar-refractivity contribution in [3.05, 3.63) is 41.0 Å². The maximum atomic E-state index is 4.70. The average molecular weight is 283 g/mol. The minimum Gasteiger partial charge on any atom is -0.373 e. The summed E-state index contributed by atoms with van der Waals surface area (Å²) in [6.07, 6.45) is 4.22. The Labute approximate surface area is 125 Å². The van der Waals surface area contributed by atoms with Gasteiger partial charge in [0.1, 0.15) is 17.5 Å². The minimum absolute atomic E-state index is 0.537. The highest BCUT2D eigenvalue weighted by Gasteiger charge is 2.28. The second kappa shape index (κ2) is 5.68. The van der Waals surface area contributed by atoms with Crippen LogP contribution >= 0.6 is 0 Å². The maximum Gasteiger partial charge on any atom is 0.136 e. The van der Waals surface area contributed by atoms with E-state index >= 15 is 0 Å². The van der Waals surface area contributed by atoms with Crippen molar-refractivity contribution in [3.63, 3.8) is 0 Å². The first-order valence-corrected chi connectivity index (χ1v) is 7.39. The van der Waals surface area contributed by atoms with E-state index in [-0.39, 0.29) is 0 Å². The van der Waals surface area contributed by atoms with Crippen LogP contribution in [0.2, 0.25) is 0 Å². The van der Waals surface area contributed by atoms with Gasteiger partial charge in [-0.2, -0.15) is 0 Å². The van der Waals surface area contributed by atoms with Gasteiger partial charge in [0.15, 0.2) is 0 Å². The summed E-state index contributed by atoms with van der Waals surface area (Å²) in [5.41, 5.74) is 3.29. The molecule has 0 spiro atoms. The normalized spacial score (nSPS) is 14.0. The Bertz CT molecular complexity index is 649. The third-order valence-corrected chi connectivity index (χ3v) is 3.88. The first kappa shape index (κ1) is 13.8. The highest BCUT2D eigenvalue weighted by molar-refractivity contribution is 5.57. The summed E-state index contributed by atoms with van der Waals surface area (Å²) >= 11 is 0. The molecule has 0 aromatic carbocycles. The number of aromatic nitrogens is 3. The summed E-state index contributed by atoms with van der Waals surface area (Å²) in [6.45, 7) is 4.79. The number of nitrogens with zero attached hydrogens (tertiary/aromatic N) is 3. The molecular formula is C16H21N5. The van der Waals surface area contributed by atoms with Crippen molar-refractivity contribution in [2.24, 2.45) is 0 Å². The highest BCUT2D eigenvalue weighted by Crippen LogP contribution is 2.39. The lowest BCUT2D eigenvalue weighted by molar-refractivity contribution is 0.907. The first-order valence-electron chi connectivity index (χ1n) is 7.39. The fourth-order valence-electron chi connectivity index (χ4n) is 2.34. The molecule has 0 aliphatic heterocycles. The Kier molecular flexibility index (Phi) is 3.73. The summed E-state index contributed by atoms with van der Waals surface area (Å²) in [5, 5.41) is 6.58. The number of anilines is 2. The fraction of sp³-hybridized carbons (Fsp3) is 0.438. The lowest BCUT2D eigenvalue weighted by atomic mass is 10.2. The van der Waals surface area contributed by atoms with E-state index in [9.17, 15) is 0 Å². The van der Waals surface area contributed by atoms with Crippen LogP contribution in [0, 0.1) is 13.8 Å². The monoisotopic (exact) mass is 283 g/mol. The fourth-order valence-corrected chi connectivity index (χ4v) is 2.34. The summed E-state index contributed by atoms with van der Waals surface area (Å²) in [4.78, 5) is 13.7. The van der Waals surface area contributed by atoms with Crippen LogP contribution in [0.4, 0.5) is 11.6 Å². The number of pyridine rings is 1. The zero-order chi connectivity index (χ0) is 14.8. The van der Waals surface area contributed by atoms with Crippen LogP contribution in [0.25, 0.3) is 0 Å². The van der Waals surface area contributed by atoms with Crippen LogP contribution in [-0.2, 0) is 6.54 Å². The molecule has 0 unspecified atom stereocenters. The van der Waals surface area contributed by atoms with Crippen molar-refractivity contribution < 1.29 is 0 Å². The second-order valence-electron chi connectivity index (χ2n) is 5.55. The van der Waals surface area contributed by atoms with Crippen LogP contribution in [0.3, 0.4) is 0 Å². The maximum absolute atomic E-state index is 4.70. The molecule has 1 aliphatic carbocycles. The van der Waals surface area contributed by atoms with Gasteiger partial charge in [-0.15, -0.1) is 0 Å². The summed E-state index contributed by atoms with van der Waals surface area (Å²) in [7, 11) is 1.90. The molecule has 2 heterocycles. The molecule has 0 bridgehead atoms. The molecule has 1 fully saturated rings. The predicted molar refractivity (Wildman–Crippen MR) is 84.6 cm³/mol. The molecule has 1 aliphatic rings. The van der Waals surface area contributed by atoms with E-state index in [0.717, 1.165) is 28.7 Å². The molecule has 2 N–H and O–H groups in total. The number of hydrogen-bond donors (Lipinski definition) is 2. The Balaban J connectivity index is 1.84. The van der Waals surface area contributed by atoms with Crippen LogP contribution in [-0.4, -0.2) is 22.0 Å². The average Bonchev–Trinajstić information content (AvgIpc) is 3.32. The molecule has 2 aromatic rings. The van der Waals surface area contributed by atoms with Crippen molar-refractivity contribution in [3.8, 4) is 0 Å². The van der Waals surface area contributed by atoms with Crippen molar-refractivity contribution in [1.82, 2.24) is 15.0 Å². The largest absolute Gasteiger partial charge is 0.373 e. The van der Waals surface area contributed by atoms with Crippen molar-refractivity contribution in [2.45, 2.75) is 39.2 Å². The van der Waals surface area contributed by atoms with Gasteiger partial charge in [-0.05, 0) is 38.3 Å². The molecule has 21 heavy (non-hydrogen) atoms. The lowest BCUT2D eigenvalue weighted by Crippen LogP contribution is -2.10. The Hall–Kier alpha value is -2.17. The lowest BCUT2D eigenvalue weighted by Gasteiger charge is -2.14. The number of aryl methyl sites for hydroxylation is 1. The van der Waals surface area contributed by atoms with Gasteiger partial charge in [0, 0.05) is 24.7 Å². The summed E-state index contributed by atoms with van der Waals surface area (Å²) < 4.78 is 0. The van der Waals surface area contributed by atoms with Gasteiger partial charge in [0.2, 0.25) is 0 Å². The Morgan fingerprint density at radius 2 is 1.95 bits per heavy atom. The second-order valence-corrected chi connectivity index (χ2v) is 5.55. The first-order chi connectivity index (χ1) is 10.2. The van der Waals surface area contributed by atoms with E-state index in [4.69, 9.17) is 4.98 Å². The van der Waals surface area contributed by atoms with Crippen LogP contribution < -0.4 is 10.6 Å². The summed E-state index contributed by atoms with van der Waals surface area (Å²) in [5.74, 6) is 3.30. The van der Waals surface area contributed by atoms with Crippen LogP contribution in [0.5, 0.6) is 0 Å². The number of rotatable bonds is 5. The van der Waals surface area contributed by atoms with Gasteiger partial charge < -0.3 is 10.6 Å².